The largest absolute Gasteiger partial charge is 0.340 e. The Morgan fingerprint density at radius 3 is 3.21 bits per heavy atom. The van der Waals surface area contributed by atoms with Crippen molar-refractivity contribution in [3.8, 4) is 0 Å². The molecule has 2 heterocycles. The number of nitrogens with zero attached hydrogens (tertiary/aromatic N) is 2. The molecule has 1 fully saturated rings. The van der Waals surface area contributed by atoms with E-state index in [9.17, 15) is 0 Å². The van der Waals surface area contributed by atoms with E-state index in [1.165, 1.54) is 18.6 Å². The van der Waals surface area contributed by atoms with Gasteiger partial charge in [0.05, 0.1) is 6.54 Å². The summed E-state index contributed by atoms with van der Waals surface area (Å²) in [6, 6.07) is 0. The summed E-state index contributed by atoms with van der Waals surface area (Å²) in [6.45, 7) is 3.58. The number of thioether (sulfide) groups is 1. The van der Waals surface area contributed by atoms with Gasteiger partial charge in [-0.3, -0.25) is 0 Å². The van der Waals surface area contributed by atoms with Crippen LogP contribution in [0.2, 0.25) is 0 Å². The predicted molar refractivity (Wildman–Crippen MR) is 56.2 cm³/mol. The molecule has 0 saturated carbocycles. The van der Waals surface area contributed by atoms with Crippen LogP contribution in [0.1, 0.15) is 24.6 Å². The molecule has 1 atom stereocenters. The highest BCUT2D eigenvalue weighted by Gasteiger charge is 2.14. The molecule has 0 aliphatic carbocycles. The van der Waals surface area contributed by atoms with Crippen LogP contribution in [0.4, 0.5) is 0 Å². The third kappa shape index (κ3) is 2.72. The molecule has 4 nitrogen and oxygen atoms in total. The summed E-state index contributed by atoms with van der Waals surface area (Å²) in [7, 11) is 0. The average molecular weight is 213 g/mol. The second-order valence-corrected chi connectivity index (χ2v) is 4.90. The molecule has 0 spiro atoms. The van der Waals surface area contributed by atoms with Crippen molar-refractivity contribution in [1.82, 2.24) is 15.5 Å². The number of rotatable bonds is 4. The Labute approximate surface area is 87.8 Å². The SMILES string of the molecule is Cc1nc(CNCC2CCCS2)no1. The van der Waals surface area contributed by atoms with Crippen LogP contribution in [-0.4, -0.2) is 27.7 Å². The molecule has 0 amide bonds. The highest BCUT2D eigenvalue weighted by atomic mass is 32.2. The van der Waals surface area contributed by atoms with Gasteiger partial charge in [0.1, 0.15) is 0 Å². The fourth-order valence-corrected chi connectivity index (χ4v) is 2.80. The summed E-state index contributed by atoms with van der Waals surface area (Å²) in [5, 5.41) is 7.96. The van der Waals surface area contributed by atoms with Crippen molar-refractivity contribution in [3.63, 3.8) is 0 Å². The zero-order chi connectivity index (χ0) is 9.80. The van der Waals surface area contributed by atoms with Gasteiger partial charge in [-0.05, 0) is 18.6 Å². The molecular formula is C9H15N3OS. The van der Waals surface area contributed by atoms with Crippen molar-refractivity contribution in [2.75, 3.05) is 12.3 Å². The Morgan fingerprint density at radius 2 is 2.57 bits per heavy atom. The van der Waals surface area contributed by atoms with Crippen LogP contribution in [-0.2, 0) is 6.54 Å². The normalized spacial score (nSPS) is 21.6. The fraction of sp³-hybridized carbons (Fsp3) is 0.778. The van der Waals surface area contributed by atoms with Crippen LogP contribution < -0.4 is 5.32 Å². The van der Waals surface area contributed by atoms with Crippen molar-refractivity contribution >= 4 is 11.8 Å². The van der Waals surface area contributed by atoms with Gasteiger partial charge >= 0.3 is 0 Å². The van der Waals surface area contributed by atoms with Crippen LogP contribution in [0.25, 0.3) is 0 Å². The Bertz CT molecular complexity index is 283. The zero-order valence-corrected chi connectivity index (χ0v) is 9.14. The molecule has 2 rings (SSSR count). The quantitative estimate of drug-likeness (QED) is 0.818. The van der Waals surface area contributed by atoms with Crippen molar-refractivity contribution in [2.45, 2.75) is 31.6 Å². The first-order chi connectivity index (χ1) is 6.84. The van der Waals surface area contributed by atoms with E-state index in [0.717, 1.165) is 17.6 Å². The smallest absolute Gasteiger partial charge is 0.223 e. The minimum atomic E-state index is 0.636. The third-order valence-corrected chi connectivity index (χ3v) is 3.65. The average Bonchev–Trinajstić information content (AvgIpc) is 2.77. The van der Waals surface area contributed by atoms with Gasteiger partial charge in [0.15, 0.2) is 5.82 Å². The van der Waals surface area contributed by atoms with E-state index in [2.05, 4.69) is 27.2 Å². The molecule has 78 valence electrons. The molecule has 1 N–H and O–H groups in total. The van der Waals surface area contributed by atoms with E-state index in [4.69, 9.17) is 4.52 Å². The first-order valence-corrected chi connectivity index (χ1v) is 6.01. The molecule has 1 unspecified atom stereocenters. The lowest BCUT2D eigenvalue weighted by atomic mass is 10.2. The Kier molecular flexibility index (Phi) is 3.42. The molecular weight excluding hydrogens is 198 g/mol. The van der Waals surface area contributed by atoms with Crippen molar-refractivity contribution in [1.29, 1.82) is 0 Å². The second kappa shape index (κ2) is 4.79. The summed E-state index contributed by atoms with van der Waals surface area (Å²) in [5.41, 5.74) is 0. The summed E-state index contributed by atoms with van der Waals surface area (Å²) < 4.78 is 4.88. The monoisotopic (exact) mass is 213 g/mol. The van der Waals surface area contributed by atoms with Crippen LogP contribution in [0.3, 0.4) is 0 Å². The Balaban J connectivity index is 1.67. The van der Waals surface area contributed by atoms with E-state index >= 15 is 0 Å². The number of hydrogen-bond donors (Lipinski definition) is 1. The van der Waals surface area contributed by atoms with Gasteiger partial charge in [0, 0.05) is 18.7 Å². The molecule has 1 saturated heterocycles. The van der Waals surface area contributed by atoms with Gasteiger partial charge < -0.3 is 9.84 Å². The lowest BCUT2D eigenvalue weighted by Gasteiger charge is -2.07. The summed E-state index contributed by atoms with van der Waals surface area (Å²) in [5.74, 6) is 2.70. The minimum absolute atomic E-state index is 0.636. The van der Waals surface area contributed by atoms with Crippen molar-refractivity contribution in [3.05, 3.63) is 11.7 Å². The van der Waals surface area contributed by atoms with Gasteiger partial charge in [-0.2, -0.15) is 16.7 Å². The van der Waals surface area contributed by atoms with Crippen LogP contribution in [0, 0.1) is 6.92 Å². The maximum absolute atomic E-state index is 4.88. The Hall–Kier alpha value is -0.550. The highest BCUT2D eigenvalue weighted by Crippen LogP contribution is 2.25. The van der Waals surface area contributed by atoms with E-state index in [0.29, 0.717) is 12.4 Å². The number of aryl methyl sites for hydroxylation is 1. The summed E-state index contributed by atoms with van der Waals surface area (Å²) in [6.07, 6.45) is 2.70. The third-order valence-electron chi connectivity index (χ3n) is 2.25. The second-order valence-electron chi connectivity index (χ2n) is 3.50. The fourth-order valence-electron chi connectivity index (χ4n) is 1.56. The Morgan fingerprint density at radius 1 is 1.64 bits per heavy atom. The van der Waals surface area contributed by atoms with Gasteiger partial charge in [-0.15, -0.1) is 0 Å². The molecule has 1 aliphatic heterocycles. The molecule has 0 aromatic carbocycles. The number of aromatic nitrogens is 2. The maximum Gasteiger partial charge on any atom is 0.223 e. The van der Waals surface area contributed by atoms with Crippen LogP contribution >= 0.6 is 11.8 Å². The number of hydrogen-bond acceptors (Lipinski definition) is 5. The lowest BCUT2D eigenvalue weighted by molar-refractivity contribution is 0.385. The van der Waals surface area contributed by atoms with Crippen molar-refractivity contribution in [2.24, 2.45) is 0 Å². The molecule has 0 radical (unpaired) electrons. The van der Waals surface area contributed by atoms with Gasteiger partial charge in [-0.25, -0.2) is 0 Å². The first kappa shape index (κ1) is 9.98. The van der Waals surface area contributed by atoms with Crippen LogP contribution in [0.5, 0.6) is 0 Å². The van der Waals surface area contributed by atoms with Crippen LogP contribution in [0.15, 0.2) is 4.52 Å². The molecule has 1 aromatic heterocycles. The molecule has 1 aromatic rings. The molecule has 5 heteroatoms. The van der Waals surface area contributed by atoms with Gasteiger partial charge in [0.2, 0.25) is 5.89 Å². The standard InChI is InChI=1S/C9H15N3OS/c1-7-11-9(12-13-7)6-10-5-8-3-2-4-14-8/h8,10H,2-6H2,1H3. The van der Waals surface area contributed by atoms with Crippen molar-refractivity contribution < 1.29 is 4.52 Å². The van der Waals surface area contributed by atoms with E-state index in [-0.39, 0.29) is 0 Å². The summed E-state index contributed by atoms with van der Waals surface area (Å²) in [4.78, 5) is 4.13. The lowest BCUT2D eigenvalue weighted by Crippen LogP contribution is -2.23. The molecule has 1 aliphatic rings. The number of nitrogens with one attached hydrogen (secondary N) is 1. The van der Waals surface area contributed by atoms with E-state index in [1.807, 2.05) is 6.92 Å². The van der Waals surface area contributed by atoms with Gasteiger partial charge in [-0.1, -0.05) is 5.16 Å². The minimum Gasteiger partial charge on any atom is -0.340 e. The summed E-state index contributed by atoms with van der Waals surface area (Å²) >= 11 is 2.06. The topological polar surface area (TPSA) is 51.0 Å². The molecule has 14 heavy (non-hydrogen) atoms. The highest BCUT2D eigenvalue weighted by molar-refractivity contribution is 8.00. The van der Waals surface area contributed by atoms with Gasteiger partial charge in [0.25, 0.3) is 0 Å². The molecule has 0 bridgehead atoms. The zero-order valence-electron chi connectivity index (χ0n) is 8.32. The van der Waals surface area contributed by atoms with E-state index < -0.39 is 0 Å². The first-order valence-electron chi connectivity index (χ1n) is 4.96. The maximum atomic E-state index is 4.88. The van der Waals surface area contributed by atoms with E-state index in [1.54, 1.807) is 0 Å². The predicted octanol–water partition coefficient (Wildman–Crippen LogP) is 1.36.